The predicted molar refractivity (Wildman–Crippen MR) is 93.8 cm³/mol. The van der Waals surface area contributed by atoms with Gasteiger partial charge in [-0.3, -0.25) is 0 Å². The van der Waals surface area contributed by atoms with Crippen molar-refractivity contribution in [3.8, 4) is 5.75 Å². The van der Waals surface area contributed by atoms with Gasteiger partial charge in [0, 0.05) is 5.56 Å². The summed E-state index contributed by atoms with van der Waals surface area (Å²) in [5.74, 6) is 0.823. The van der Waals surface area contributed by atoms with Gasteiger partial charge in [-0.1, -0.05) is 49.4 Å². The number of nitrogens with one attached hydrogen (secondary N) is 1. The minimum absolute atomic E-state index is 0.339. The molecule has 124 valence electrons. The molecule has 3 heteroatoms. The van der Waals surface area contributed by atoms with Crippen LogP contribution < -0.4 is 9.64 Å². The normalized spacial score (nSPS) is 13.5. The van der Waals surface area contributed by atoms with Crippen molar-refractivity contribution < 1.29 is 14.7 Å². The lowest BCUT2D eigenvalue weighted by atomic mass is 10.2. The lowest BCUT2D eigenvalue weighted by Crippen LogP contribution is -3.12. The molecular formula is C20H28NO2+. The predicted octanol–water partition coefficient (Wildman–Crippen LogP) is 2.23. The van der Waals surface area contributed by atoms with Gasteiger partial charge in [-0.05, 0) is 31.0 Å². The molecule has 1 unspecified atom stereocenters. The first-order chi connectivity index (χ1) is 11.2. The van der Waals surface area contributed by atoms with Crippen molar-refractivity contribution >= 4 is 0 Å². The molecule has 2 rings (SSSR count). The number of aryl methyl sites for hydroxylation is 1. The van der Waals surface area contributed by atoms with E-state index in [0.29, 0.717) is 13.2 Å². The smallest absolute Gasteiger partial charge is 0.137 e. The molecule has 0 radical (unpaired) electrons. The Morgan fingerprint density at radius 3 is 2.57 bits per heavy atom. The van der Waals surface area contributed by atoms with Gasteiger partial charge in [0.25, 0.3) is 0 Å². The minimum Gasteiger partial charge on any atom is -0.491 e. The summed E-state index contributed by atoms with van der Waals surface area (Å²) in [6.07, 6.45) is 0.647. The molecule has 0 saturated heterocycles. The zero-order valence-electron chi connectivity index (χ0n) is 14.2. The van der Waals surface area contributed by atoms with Crippen LogP contribution in [0.1, 0.15) is 24.5 Å². The van der Waals surface area contributed by atoms with Crippen LogP contribution in [-0.4, -0.2) is 30.9 Å². The zero-order chi connectivity index (χ0) is 16.5. The number of hydrogen-bond acceptors (Lipinski definition) is 2. The lowest BCUT2D eigenvalue weighted by molar-refractivity contribution is -0.917. The zero-order valence-corrected chi connectivity index (χ0v) is 14.2. The third kappa shape index (κ3) is 6.43. The highest BCUT2D eigenvalue weighted by atomic mass is 16.5. The summed E-state index contributed by atoms with van der Waals surface area (Å²) in [5.41, 5.74) is 2.47. The first kappa shape index (κ1) is 17.5. The van der Waals surface area contributed by atoms with Gasteiger partial charge >= 0.3 is 0 Å². The number of benzene rings is 2. The van der Waals surface area contributed by atoms with Crippen LogP contribution in [0.4, 0.5) is 0 Å². The van der Waals surface area contributed by atoms with Gasteiger partial charge in [0.15, 0.2) is 0 Å². The van der Waals surface area contributed by atoms with Crippen molar-refractivity contribution in [3.05, 3.63) is 65.7 Å². The molecule has 0 aliphatic heterocycles. The van der Waals surface area contributed by atoms with E-state index in [2.05, 4.69) is 31.2 Å². The Morgan fingerprint density at radius 1 is 1.09 bits per heavy atom. The first-order valence-electron chi connectivity index (χ1n) is 8.42. The number of rotatable bonds is 9. The molecule has 0 spiro atoms. The van der Waals surface area contributed by atoms with Crippen LogP contribution in [0.5, 0.6) is 5.75 Å². The van der Waals surface area contributed by atoms with Crippen molar-refractivity contribution in [1.82, 2.24) is 0 Å². The molecule has 0 amide bonds. The maximum absolute atomic E-state index is 10.3. The van der Waals surface area contributed by atoms with Gasteiger partial charge in [0.2, 0.25) is 0 Å². The molecule has 0 fully saturated rings. The summed E-state index contributed by atoms with van der Waals surface area (Å²) in [7, 11) is 0. The molecule has 0 saturated carbocycles. The highest BCUT2D eigenvalue weighted by Crippen LogP contribution is 2.12. The van der Waals surface area contributed by atoms with E-state index in [1.807, 2.05) is 37.3 Å². The van der Waals surface area contributed by atoms with Gasteiger partial charge in [-0.25, -0.2) is 0 Å². The van der Waals surface area contributed by atoms with Crippen LogP contribution in [0.3, 0.4) is 0 Å². The van der Waals surface area contributed by atoms with Crippen LogP contribution in [0, 0.1) is 6.92 Å². The second-order valence-electron chi connectivity index (χ2n) is 6.15. The standard InChI is InChI=1S/C20H27NO2/c1-3-12-21(14-18-9-5-4-6-10-18)15-19(22)16-23-20-11-7-8-17(2)13-20/h4-11,13,19,22H,3,12,14-16H2,1-2H3/p+1/t19-/m1/s1. The molecule has 0 aromatic heterocycles. The SMILES string of the molecule is CCC[NH+](Cc1ccccc1)C[C@@H](O)COc1cccc(C)c1. The van der Waals surface area contributed by atoms with Crippen molar-refractivity contribution in [2.75, 3.05) is 19.7 Å². The van der Waals surface area contributed by atoms with Crippen LogP contribution in [0.25, 0.3) is 0 Å². The lowest BCUT2D eigenvalue weighted by Gasteiger charge is -2.22. The number of ether oxygens (including phenoxy) is 1. The van der Waals surface area contributed by atoms with E-state index >= 15 is 0 Å². The number of aliphatic hydroxyl groups is 1. The van der Waals surface area contributed by atoms with Crippen LogP contribution in [0.2, 0.25) is 0 Å². The van der Waals surface area contributed by atoms with E-state index in [4.69, 9.17) is 4.74 Å². The van der Waals surface area contributed by atoms with E-state index in [0.717, 1.165) is 25.3 Å². The Morgan fingerprint density at radius 2 is 1.87 bits per heavy atom. The Bertz CT molecular complexity index is 571. The summed E-state index contributed by atoms with van der Waals surface area (Å²) in [6.45, 7) is 7.25. The molecule has 0 aliphatic rings. The maximum Gasteiger partial charge on any atom is 0.137 e. The summed E-state index contributed by atoms with van der Waals surface area (Å²) >= 11 is 0. The Hall–Kier alpha value is -1.84. The van der Waals surface area contributed by atoms with E-state index in [1.165, 1.54) is 16.0 Å². The molecule has 2 aromatic carbocycles. The highest BCUT2D eigenvalue weighted by Gasteiger charge is 2.15. The third-order valence-corrected chi connectivity index (χ3v) is 3.86. The first-order valence-corrected chi connectivity index (χ1v) is 8.42. The quantitative estimate of drug-likeness (QED) is 0.744. The highest BCUT2D eigenvalue weighted by molar-refractivity contribution is 5.27. The largest absolute Gasteiger partial charge is 0.491 e. The number of hydrogen-bond donors (Lipinski definition) is 2. The Kier molecular flexibility index (Phi) is 7.11. The molecule has 2 N–H and O–H groups in total. The molecule has 2 aromatic rings. The second-order valence-corrected chi connectivity index (χ2v) is 6.15. The molecule has 23 heavy (non-hydrogen) atoms. The van der Waals surface area contributed by atoms with Crippen LogP contribution >= 0.6 is 0 Å². The van der Waals surface area contributed by atoms with Gasteiger partial charge < -0.3 is 14.7 Å². The number of aliphatic hydroxyl groups excluding tert-OH is 1. The molecule has 3 nitrogen and oxygen atoms in total. The summed E-state index contributed by atoms with van der Waals surface area (Å²) in [4.78, 5) is 1.39. The second kappa shape index (κ2) is 9.33. The van der Waals surface area contributed by atoms with Crippen LogP contribution in [-0.2, 0) is 6.54 Å². The van der Waals surface area contributed by atoms with Crippen molar-refractivity contribution in [3.63, 3.8) is 0 Å². The number of quaternary nitrogens is 1. The Balaban J connectivity index is 1.83. The average molecular weight is 314 g/mol. The minimum atomic E-state index is -0.458. The average Bonchev–Trinajstić information content (AvgIpc) is 2.54. The molecule has 0 heterocycles. The van der Waals surface area contributed by atoms with Crippen molar-refractivity contribution in [2.45, 2.75) is 32.9 Å². The third-order valence-electron chi connectivity index (χ3n) is 3.86. The summed E-state index contributed by atoms with van der Waals surface area (Å²) < 4.78 is 5.71. The summed E-state index contributed by atoms with van der Waals surface area (Å²) in [5, 5.41) is 10.3. The van der Waals surface area contributed by atoms with E-state index in [9.17, 15) is 5.11 Å². The molecule has 2 atom stereocenters. The maximum atomic E-state index is 10.3. The monoisotopic (exact) mass is 314 g/mol. The topological polar surface area (TPSA) is 33.9 Å². The fourth-order valence-corrected chi connectivity index (χ4v) is 2.79. The van der Waals surface area contributed by atoms with E-state index < -0.39 is 6.10 Å². The summed E-state index contributed by atoms with van der Waals surface area (Å²) in [6, 6.07) is 18.4. The van der Waals surface area contributed by atoms with Crippen LogP contribution in [0.15, 0.2) is 54.6 Å². The molecule has 0 aliphatic carbocycles. The van der Waals surface area contributed by atoms with Gasteiger partial charge in [0.1, 0.15) is 31.5 Å². The molecular weight excluding hydrogens is 286 g/mol. The van der Waals surface area contributed by atoms with Crippen molar-refractivity contribution in [2.24, 2.45) is 0 Å². The van der Waals surface area contributed by atoms with Gasteiger partial charge in [-0.2, -0.15) is 0 Å². The van der Waals surface area contributed by atoms with E-state index in [-0.39, 0.29) is 0 Å². The fraction of sp³-hybridized carbons (Fsp3) is 0.400. The molecule has 0 bridgehead atoms. The van der Waals surface area contributed by atoms with Gasteiger partial charge in [-0.15, -0.1) is 0 Å². The van der Waals surface area contributed by atoms with Gasteiger partial charge in [0.05, 0.1) is 6.54 Å². The Labute approximate surface area is 139 Å². The van der Waals surface area contributed by atoms with E-state index in [1.54, 1.807) is 0 Å². The fourth-order valence-electron chi connectivity index (χ4n) is 2.79. The van der Waals surface area contributed by atoms with Crippen molar-refractivity contribution in [1.29, 1.82) is 0 Å².